The van der Waals surface area contributed by atoms with Gasteiger partial charge < -0.3 is 8.98 Å². The van der Waals surface area contributed by atoms with Crippen LogP contribution in [-0.4, -0.2) is 19.5 Å². The van der Waals surface area contributed by atoms with Crippen molar-refractivity contribution in [2.45, 2.75) is 51.4 Å². The van der Waals surface area contributed by atoms with Crippen molar-refractivity contribution in [1.82, 2.24) is 19.5 Å². The summed E-state index contributed by atoms with van der Waals surface area (Å²) < 4.78 is 8.70. The third-order valence-corrected chi connectivity index (χ3v) is 13.5. The zero-order chi connectivity index (χ0) is 41.7. The molecular formula is C57H44N4O. The molecule has 1 aliphatic carbocycles. The van der Waals surface area contributed by atoms with Crippen molar-refractivity contribution in [2.24, 2.45) is 0 Å². The second-order valence-corrected chi connectivity index (χ2v) is 18.3. The molecule has 0 saturated heterocycles. The smallest absolute Gasteiger partial charge is 0.164 e. The maximum atomic E-state index is 6.27. The van der Waals surface area contributed by atoms with Crippen molar-refractivity contribution in [3.63, 3.8) is 0 Å². The first-order valence-electron chi connectivity index (χ1n) is 21.6. The fourth-order valence-electron chi connectivity index (χ4n) is 9.99. The zero-order valence-corrected chi connectivity index (χ0v) is 35.3. The predicted octanol–water partition coefficient (Wildman–Crippen LogP) is 15.0. The summed E-state index contributed by atoms with van der Waals surface area (Å²) in [7, 11) is 0. The maximum Gasteiger partial charge on any atom is 0.164 e. The molecule has 0 radical (unpaired) electrons. The van der Waals surface area contributed by atoms with Gasteiger partial charge in [0.15, 0.2) is 17.5 Å². The van der Waals surface area contributed by atoms with Crippen LogP contribution in [0, 0.1) is 0 Å². The van der Waals surface area contributed by atoms with Gasteiger partial charge in [0, 0.05) is 43.9 Å². The normalized spacial score (nSPS) is 14.6. The molecule has 62 heavy (non-hydrogen) atoms. The van der Waals surface area contributed by atoms with E-state index in [0.29, 0.717) is 17.5 Å². The first kappa shape index (κ1) is 36.5. The standard InChI is InChI=1S/C57H44N4O/c1-56(2)29-30-57(3,4)48-34-50-46(33-47(48)56)42-18-7-9-21-49(42)61(50)40-26-23-36(24-27-40)53-58-54(60-55(59-53)45-20-12-14-35-13-5-6-17-41(35)45)39-16-11-15-37(31-39)38-25-28-44-43-19-8-10-22-51(43)62-52(44)32-38/h5-28,31-34H,29-30H2,1-4H3. The van der Waals surface area contributed by atoms with Crippen LogP contribution in [-0.2, 0) is 10.8 Å². The summed E-state index contributed by atoms with van der Waals surface area (Å²) in [6, 6.07) is 60.4. The minimum atomic E-state index is 0.101. The molecule has 0 spiro atoms. The Labute approximate surface area is 360 Å². The third-order valence-electron chi connectivity index (χ3n) is 13.5. The van der Waals surface area contributed by atoms with E-state index in [2.05, 4.69) is 190 Å². The van der Waals surface area contributed by atoms with Crippen LogP contribution < -0.4 is 0 Å². The largest absolute Gasteiger partial charge is 0.456 e. The topological polar surface area (TPSA) is 56.7 Å². The number of aromatic nitrogens is 4. The molecular weight excluding hydrogens is 757 g/mol. The van der Waals surface area contributed by atoms with E-state index in [1.165, 1.54) is 45.8 Å². The Kier molecular flexibility index (Phi) is 7.98. The molecule has 0 unspecified atom stereocenters. The number of furan rings is 1. The lowest BCUT2D eigenvalue weighted by molar-refractivity contribution is 0.332. The Morgan fingerprint density at radius 2 is 1.02 bits per heavy atom. The quantitative estimate of drug-likeness (QED) is 0.174. The van der Waals surface area contributed by atoms with E-state index in [0.717, 1.165) is 66.2 Å². The van der Waals surface area contributed by atoms with Crippen LogP contribution in [0.1, 0.15) is 51.7 Å². The summed E-state index contributed by atoms with van der Waals surface area (Å²) in [6.45, 7) is 9.62. The van der Waals surface area contributed by atoms with Crippen molar-refractivity contribution in [2.75, 3.05) is 0 Å². The van der Waals surface area contributed by atoms with Gasteiger partial charge >= 0.3 is 0 Å². The number of rotatable bonds is 5. The number of fused-ring (bicyclic) bond motifs is 8. The second kappa shape index (κ2) is 13.6. The molecule has 5 nitrogen and oxygen atoms in total. The molecule has 3 heterocycles. The highest BCUT2D eigenvalue weighted by Crippen LogP contribution is 2.48. The number of benzene rings is 8. The first-order valence-corrected chi connectivity index (χ1v) is 21.6. The number of hydrogen-bond acceptors (Lipinski definition) is 4. The molecule has 0 aliphatic heterocycles. The summed E-state index contributed by atoms with van der Waals surface area (Å²) in [5.74, 6) is 1.88. The average molecular weight is 801 g/mol. The highest BCUT2D eigenvalue weighted by molar-refractivity contribution is 6.10. The average Bonchev–Trinajstić information content (AvgIpc) is 3.85. The minimum Gasteiger partial charge on any atom is -0.456 e. The van der Waals surface area contributed by atoms with Crippen molar-refractivity contribution in [3.05, 3.63) is 181 Å². The lowest BCUT2D eigenvalue weighted by Gasteiger charge is -2.42. The lowest BCUT2D eigenvalue weighted by Crippen LogP contribution is -2.33. The van der Waals surface area contributed by atoms with Gasteiger partial charge in [0.25, 0.3) is 0 Å². The SMILES string of the molecule is CC1(C)CCC(C)(C)c2cc3c(cc21)c1ccccc1n3-c1ccc(-c2nc(-c3cccc(-c4ccc5c(c4)oc4ccccc45)c3)nc(-c3cccc4ccccc34)n2)cc1. The van der Waals surface area contributed by atoms with Crippen molar-refractivity contribution in [1.29, 1.82) is 0 Å². The summed E-state index contributed by atoms with van der Waals surface area (Å²) in [5.41, 5.74) is 13.4. The Hall–Kier alpha value is -7.37. The highest BCUT2D eigenvalue weighted by Gasteiger charge is 2.38. The van der Waals surface area contributed by atoms with Crippen LogP contribution in [0.3, 0.4) is 0 Å². The predicted molar refractivity (Wildman–Crippen MR) is 256 cm³/mol. The van der Waals surface area contributed by atoms with Gasteiger partial charge in [-0.25, -0.2) is 15.0 Å². The molecule has 12 rings (SSSR count). The Morgan fingerprint density at radius 3 is 1.84 bits per heavy atom. The maximum absolute atomic E-state index is 6.27. The van der Waals surface area contributed by atoms with Crippen LogP contribution in [0.4, 0.5) is 0 Å². The van der Waals surface area contributed by atoms with E-state index in [-0.39, 0.29) is 10.8 Å². The molecule has 0 fully saturated rings. The van der Waals surface area contributed by atoms with Crippen LogP contribution in [0.2, 0.25) is 0 Å². The van der Waals surface area contributed by atoms with E-state index in [4.69, 9.17) is 19.4 Å². The number of para-hydroxylation sites is 2. The van der Waals surface area contributed by atoms with E-state index in [1.54, 1.807) is 0 Å². The van der Waals surface area contributed by atoms with Gasteiger partial charge in [-0.15, -0.1) is 0 Å². The van der Waals surface area contributed by atoms with E-state index >= 15 is 0 Å². The van der Waals surface area contributed by atoms with Crippen molar-refractivity contribution >= 4 is 54.5 Å². The minimum absolute atomic E-state index is 0.101. The molecule has 8 aromatic carbocycles. The van der Waals surface area contributed by atoms with Crippen LogP contribution in [0.25, 0.3) is 105 Å². The highest BCUT2D eigenvalue weighted by atomic mass is 16.3. The summed E-state index contributed by atoms with van der Waals surface area (Å²) in [6.07, 6.45) is 2.36. The number of hydrogen-bond donors (Lipinski definition) is 0. The van der Waals surface area contributed by atoms with Gasteiger partial charge in [0.05, 0.1) is 11.0 Å². The van der Waals surface area contributed by atoms with Gasteiger partial charge in [-0.2, -0.15) is 0 Å². The number of nitrogens with zero attached hydrogens (tertiary/aromatic N) is 4. The van der Waals surface area contributed by atoms with Gasteiger partial charge in [-0.05, 0) is 123 Å². The third kappa shape index (κ3) is 5.79. The van der Waals surface area contributed by atoms with Gasteiger partial charge in [0.2, 0.25) is 0 Å². The fourth-order valence-corrected chi connectivity index (χ4v) is 9.99. The van der Waals surface area contributed by atoms with E-state index < -0.39 is 0 Å². The van der Waals surface area contributed by atoms with Crippen LogP contribution in [0.5, 0.6) is 0 Å². The van der Waals surface area contributed by atoms with Crippen LogP contribution in [0.15, 0.2) is 174 Å². The summed E-state index contributed by atoms with van der Waals surface area (Å²) >= 11 is 0. The molecule has 298 valence electrons. The monoisotopic (exact) mass is 800 g/mol. The fraction of sp³-hybridized carbons (Fsp3) is 0.140. The van der Waals surface area contributed by atoms with E-state index in [9.17, 15) is 0 Å². The molecule has 0 saturated carbocycles. The molecule has 0 atom stereocenters. The molecule has 11 aromatic rings. The Bertz CT molecular complexity index is 3580. The van der Waals surface area contributed by atoms with Gasteiger partial charge in [-0.1, -0.05) is 131 Å². The zero-order valence-electron chi connectivity index (χ0n) is 35.3. The lowest BCUT2D eigenvalue weighted by atomic mass is 9.63. The second-order valence-electron chi connectivity index (χ2n) is 18.3. The first-order chi connectivity index (χ1) is 30.2. The molecule has 5 heteroatoms. The Balaban J connectivity index is 0.995. The summed E-state index contributed by atoms with van der Waals surface area (Å²) in [5, 5.41) is 7.04. The van der Waals surface area contributed by atoms with Crippen molar-refractivity contribution < 1.29 is 4.42 Å². The summed E-state index contributed by atoms with van der Waals surface area (Å²) in [4.78, 5) is 15.6. The Morgan fingerprint density at radius 1 is 0.419 bits per heavy atom. The van der Waals surface area contributed by atoms with E-state index in [1.807, 2.05) is 12.1 Å². The van der Waals surface area contributed by atoms with Crippen molar-refractivity contribution in [3.8, 4) is 51.0 Å². The molecule has 0 amide bonds. The molecule has 3 aromatic heterocycles. The molecule has 0 bridgehead atoms. The molecule has 1 aliphatic rings. The van der Waals surface area contributed by atoms with Crippen LogP contribution >= 0.6 is 0 Å². The molecule has 0 N–H and O–H groups in total. The van der Waals surface area contributed by atoms with Gasteiger partial charge in [0.1, 0.15) is 11.2 Å². The van der Waals surface area contributed by atoms with Gasteiger partial charge in [-0.3, -0.25) is 0 Å².